The largest absolute Gasteiger partial charge is 0.480 e. The Morgan fingerprint density at radius 3 is 1.24 bits per heavy atom. The van der Waals surface area contributed by atoms with Crippen molar-refractivity contribution in [2.24, 2.45) is 5.73 Å². The highest BCUT2D eigenvalue weighted by molar-refractivity contribution is 5.90. The van der Waals surface area contributed by atoms with Crippen molar-refractivity contribution in [3.05, 3.63) is 143 Å². The van der Waals surface area contributed by atoms with Crippen LogP contribution < -0.4 is 5.73 Å². The minimum Gasteiger partial charge on any atom is -0.480 e. The predicted octanol–water partition coefficient (Wildman–Crippen LogP) is 6.29. The maximum Gasteiger partial charge on any atom is 0.323 e. The van der Waals surface area contributed by atoms with Crippen LogP contribution in [0, 0.1) is 6.92 Å². The van der Waals surface area contributed by atoms with Crippen molar-refractivity contribution in [1.82, 2.24) is 0 Å². The lowest BCUT2D eigenvalue weighted by Crippen LogP contribution is -2.38. The number of hydrogen-bond donors (Lipinski definition) is 2. The van der Waals surface area contributed by atoms with Crippen LogP contribution in [0.5, 0.6) is 0 Å². The topological polar surface area (TPSA) is 63.3 Å². The summed E-state index contributed by atoms with van der Waals surface area (Å²) in [5.74, 6) is -0.879. The van der Waals surface area contributed by atoms with Crippen molar-refractivity contribution >= 4 is 5.97 Å². The summed E-state index contributed by atoms with van der Waals surface area (Å²) < 4.78 is 0. The Labute approximate surface area is 196 Å². The van der Waals surface area contributed by atoms with Crippen LogP contribution in [0.1, 0.15) is 41.7 Å². The zero-order chi connectivity index (χ0) is 23.9. The number of nitrogens with two attached hydrogens (primary N) is 1. The van der Waals surface area contributed by atoms with E-state index in [2.05, 4.69) is 19.1 Å². The van der Waals surface area contributed by atoms with Gasteiger partial charge in [0.2, 0.25) is 0 Å². The summed E-state index contributed by atoms with van der Waals surface area (Å²) in [5.41, 5.74) is 9.27. The second-order valence-corrected chi connectivity index (χ2v) is 8.69. The zero-order valence-corrected chi connectivity index (χ0v) is 19.4. The van der Waals surface area contributed by atoms with Crippen LogP contribution >= 0.6 is 0 Å². The first-order chi connectivity index (χ1) is 15.8. The lowest BCUT2D eigenvalue weighted by molar-refractivity contribution is -0.140. The molecule has 3 nitrogen and oxygen atoms in total. The standard InChI is InChI=1S/C20H16O2.C10H15N/c21-19(22)20(16-10-4-1-5-11-16,17-12-6-2-7-13-17)18-14-8-3-9-15-18;1-8-6-4-5-7-9(8)10(2,3)11/h1-15H,(H,21,22);4-7H,11H2,1-3H3. The van der Waals surface area contributed by atoms with E-state index in [0.717, 1.165) is 16.7 Å². The summed E-state index contributed by atoms with van der Waals surface area (Å²) in [7, 11) is 0. The van der Waals surface area contributed by atoms with Gasteiger partial charge in [0.05, 0.1) is 0 Å². The Balaban J connectivity index is 0.000000235. The summed E-state index contributed by atoms with van der Waals surface area (Å²) in [6.45, 7) is 6.13. The first-order valence-corrected chi connectivity index (χ1v) is 11.0. The van der Waals surface area contributed by atoms with Gasteiger partial charge in [-0.2, -0.15) is 0 Å². The summed E-state index contributed by atoms with van der Waals surface area (Å²) in [5, 5.41) is 10.2. The average molecular weight is 438 g/mol. The smallest absolute Gasteiger partial charge is 0.323 e. The van der Waals surface area contributed by atoms with E-state index >= 15 is 0 Å². The summed E-state index contributed by atoms with van der Waals surface area (Å²) in [4.78, 5) is 12.4. The molecule has 4 rings (SSSR count). The number of carboxylic acids is 1. The van der Waals surface area contributed by atoms with Crippen molar-refractivity contribution in [2.45, 2.75) is 31.7 Å². The Kier molecular flexibility index (Phi) is 7.47. The SMILES string of the molecule is Cc1ccccc1C(C)(C)N.O=C(O)C(c1ccccc1)(c1ccccc1)c1ccccc1. The number of carbonyl (C=O) groups is 1. The molecule has 33 heavy (non-hydrogen) atoms. The third kappa shape index (κ3) is 5.21. The fraction of sp³-hybridized carbons (Fsp3) is 0.167. The van der Waals surface area contributed by atoms with Crippen LogP contribution in [0.4, 0.5) is 0 Å². The molecule has 0 bridgehead atoms. The van der Waals surface area contributed by atoms with Gasteiger partial charge in [-0.3, -0.25) is 4.79 Å². The summed E-state index contributed by atoms with van der Waals surface area (Å²) in [6.07, 6.45) is 0. The average Bonchev–Trinajstić information content (AvgIpc) is 2.81. The summed E-state index contributed by atoms with van der Waals surface area (Å²) in [6, 6.07) is 36.4. The molecule has 4 aromatic rings. The van der Waals surface area contributed by atoms with Gasteiger partial charge in [-0.05, 0) is 48.6 Å². The number of aliphatic carboxylic acids is 1. The number of carboxylic acid groups (broad SMARTS) is 1. The predicted molar refractivity (Wildman–Crippen MR) is 135 cm³/mol. The molecule has 0 aliphatic carbocycles. The lowest BCUT2D eigenvalue weighted by atomic mass is 9.69. The molecule has 0 amide bonds. The van der Waals surface area contributed by atoms with Gasteiger partial charge in [0.1, 0.15) is 5.41 Å². The van der Waals surface area contributed by atoms with Gasteiger partial charge in [0, 0.05) is 5.54 Å². The molecule has 0 fully saturated rings. The third-order valence-corrected chi connectivity index (χ3v) is 5.78. The van der Waals surface area contributed by atoms with E-state index in [1.54, 1.807) is 0 Å². The van der Waals surface area contributed by atoms with Gasteiger partial charge in [-0.1, -0.05) is 115 Å². The monoisotopic (exact) mass is 437 g/mol. The first kappa shape index (κ1) is 24.0. The van der Waals surface area contributed by atoms with Crippen molar-refractivity contribution in [3.8, 4) is 0 Å². The third-order valence-electron chi connectivity index (χ3n) is 5.78. The lowest BCUT2D eigenvalue weighted by Gasteiger charge is -2.31. The maximum atomic E-state index is 12.4. The highest BCUT2D eigenvalue weighted by Gasteiger charge is 2.43. The van der Waals surface area contributed by atoms with E-state index in [0.29, 0.717) is 0 Å². The molecular formula is C30H31NO2. The fourth-order valence-corrected chi connectivity index (χ4v) is 4.23. The molecule has 0 unspecified atom stereocenters. The van der Waals surface area contributed by atoms with Crippen LogP contribution in [0.25, 0.3) is 0 Å². The molecule has 3 heteroatoms. The minimum absolute atomic E-state index is 0.217. The number of benzene rings is 4. The second kappa shape index (κ2) is 10.3. The van der Waals surface area contributed by atoms with Crippen LogP contribution in [-0.2, 0) is 15.7 Å². The van der Waals surface area contributed by atoms with Crippen LogP contribution in [0.15, 0.2) is 115 Å². The van der Waals surface area contributed by atoms with Gasteiger partial charge in [-0.25, -0.2) is 0 Å². The highest BCUT2D eigenvalue weighted by atomic mass is 16.4. The van der Waals surface area contributed by atoms with Gasteiger partial charge >= 0.3 is 5.97 Å². The number of rotatable bonds is 5. The molecule has 0 atom stereocenters. The molecule has 3 N–H and O–H groups in total. The normalized spacial score (nSPS) is 11.3. The second-order valence-electron chi connectivity index (χ2n) is 8.69. The van der Waals surface area contributed by atoms with Crippen LogP contribution in [0.3, 0.4) is 0 Å². The Morgan fingerprint density at radius 1 is 0.636 bits per heavy atom. The number of aryl methyl sites for hydroxylation is 1. The van der Waals surface area contributed by atoms with E-state index < -0.39 is 11.4 Å². The van der Waals surface area contributed by atoms with Crippen LogP contribution in [0.2, 0.25) is 0 Å². The molecule has 4 aromatic carbocycles. The molecule has 0 spiro atoms. The fourth-order valence-electron chi connectivity index (χ4n) is 4.23. The summed E-state index contributed by atoms with van der Waals surface area (Å²) >= 11 is 0. The highest BCUT2D eigenvalue weighted by Crippen LogP contribution is 2.39. The Bertz CT molecular complexity index is 1070. The Hall–Kier alpha value is -3.69. The van der Waals surface area contributed by atoms with Crippen molar-refractivity contribution in [2.75, 3.05) is 0 Å². The first-order valence-electron chi connectivity index (χ1n) is 11.0. The Morgan fingerprint density at radius 2 is 0.970 bits per heavy atom. The molecule has 0 saturated carbocycles. The van der Waals surface area contributed by atoms with E-state index in [1.807, 2.05) is 117 Å². The molecule has 0 saturated heterocycles. The molecule has 0 heterocycles. The molecular weight excluding hydrogens is 406 g/mol. The zero-order valence-electron chi connectivity index (χ0n) is 19.4. The van der Waals surface area contributed by atoms with Crippen LogP contribution in [-0.4, -0.2) is 11.1 Å². The van der Waals surface area contributed by atoms with E-state index in [-0.39, 0.29) is 5.54 Å². The quantitative estimate of drug-likeness (QED) is 0.360. The van der Waals surface area contributed by atoms with E-state index in [1.165, 1.54) is 11.1 Å². The molecule has 0 aliphatic rings. The van der Waals surface area contributed by atoms with Gasteiger partial charge < -0.3 is 10.8 Å². The van der Waals surface area contributed by atoms with Crippen molar-refractivity contribution in [3.63, 3.8) is 0 Å². The van der Waals surface area contributed by atoms with E-state index in [9.17, 15) is 9.90 Å². The van der Waals surface area contributed by atoms with Gasteiger partial charge in [-0.15, -0.1) is 0 Å². The molecule has 168 valence electrons. The minimum atomic E-state index is -1.20. The van der Waals surface area contributed by atoms with Gasteiger partial charge in [0.15, 0.2) is 0 Å². The maximum absolute atomic E-state index is 12.4. The molecule has 0 aliphatic heterocycles. The van der Waals surface area contributed by atoms with Gasteiger partial charge in [0.25, 0.3) is 0 Å². The van der Waals surface area contributed by atoms with Crippen molar-refractivity contribution < 1.29 is 9.90 Å². The number of hydrogen-bond acceptors (Lipinski definition) is 2. The van der Waals surface area contributed by atoms with Crippen molar-refractivity contribution in [1.29, 1.82) is 0 Å². The molecule has 0 aromatic heterocycles. The van der Waals surface area contributed by atoms with E-state index in [4.69, 9.17) is 5.73 Å². The molecule has 0 radical (unpaired) electrons.